The van der Waals surface area contributed by atoms with Gasteiger partial charge in [0, 0.05) is 11.0 Å². The molecule has 1 aromatic rings. The van der Waals surface area contributed by atoms with Crippen LogP contribution in [0.5, 0.6) is 0 Å². The normalized spacial score (nSPS) is 20.8. The maximum absolute atomic E-state index is 12.6. The van der Waals surface area contributed by atoms with E-state index in [1.807, 2.05) is 6.07 Å². The third-order valence-corrected chi connectivity index (χ3v) is 5.70. The van der Waals surface area contributed by atoms with E-state index >= 15 is 0 Å². The number of carboxylic acid groups (broad SMARTS) is 1. The molecule has 0 aromatic heterocycles. The van der Waals surface area contributed by atoms with E-state index in [1.54, 1.807) is 13.0 Å². The second-order valence-electron chi connectivity index (χ2n) is 4.93. The number of aliphatic carboxylic acids is 1. The Morgan fingerprint density at radius 2 is 2.05 bits per heavy atom. The van der Waals surface area contributed by atoms with Crippen molar-refractivity contribution in [2.75, 3.05) is 6.54 Å². The van der Waals surface area contributed by atoms with Crippen molar-refractivity contribution in [2.45, 2.75) is 37.1 Å². The number of nitrogens with zero attached hydrogens (tertiary/aromatic N) is 1. The van der Waals surface area contributed by atoms with Crippen molar-refractivity contribution in [3.8, 4) is 0 Å². The van der Waals surface area contributed by atoms with E-state index in [0.29, 0.717) is 17.3 Å². The molecule has 2 rings (SSSR count). The van der Waals surface area contributed by atoms with Crippen LogP contribution in [-0.4, -0.2) is 36.4 Å². The van der Waals surface area contributed by atoms with Crippen LogP contribution in [0.2, 0.25) is 0 Å². The molecule has 1 N–H and O–H groups in total. The molecule has 0 saturated carbocycles. The third kappa shape index (κ3) is 3.05. The number of benzene rings is 1. The molecule has 1 saturated heterocycles. The molecule has 1 fully saturated rings. The molecule has 110 valence electrons. The predicted octanol–water partition coefficient (Wildman–Crippen LogP) is 2.39. The molecule has 5 nitrogen and oxygen atoms in total. The van der Waals surface area contributed by atoms with Crippen LogP contribution in [-0.2, 0) is 14.8 Å². The van der Waals surface area contributed by atoms with Crippen molar-refractivity contribution in [3.63, 3.8) is 0 Å². The van der Waals surface area contributed by atoms with Crippen molar-refractivity contribution in [1.29, 1.82) is 0 Å². The summed E-state index contributed by atoms with van der Waals surface area (Å²) < 4.78 is 27.1. The average molecular weight is 362 g/mol. The molecule has 1 aliphatic heterocycles. The summed E-state index contributed by atoms with van der Waals surface area (Å²) in [6.45, 7) is 2.06. The van der Waals surface area contributed by atoms with Gasteiger partial charge in [-0.1, -0.05) is 15.9 Å². The van der Waals surface area contributed by atoms with Gasteiger partial charge in [0.15, 0.2) is 0 Å². The van der Waals surface area contributed by atoms with Gasteiger partial charge in [0.1, 0.15) is 6.04 Å². The first-order valence-electron chi connectivity index (χ1n) is 6.34. The van der Waals surface area contributed by atoms with Gasteiger partial charge in [-0.3, -0.25) is 4.79 Å². The largest absolute Gasteiger partial charge is 0.480 e. The van der Waals surface area contributed by atoms with Crippen molar-refractivity contribution >= 4 is 31.9 Å². The second kappa shape index (κ2) is 5.83. The Kier molecular flexibility index (Phi) is 4.51. The van der Waals surface area contributed by atoms with Gasteiger partial charge < -0.3 is 5.11 Å². The summed E-state index contributed by atoms with van der Waals surface area (Å²) in [5, 5.41) is 9.21. The van der Waals surface area contributed by atoms with Crippen molar-refractivity contribution < 1.29 is 18.3 Å². The Balaban J connectivity index is 2.44. The minimum absolute atomic E-state index is 0.137. The lowest BCUT2D eigenvalue weighted by molar-refractivity contribution is -0.142. The average Bonchev–Trinajstić information content (AvgIpc) is 2.37. The number of hydrogen-bond acceptors (Lipinski definition) is 3. The highest BCUT2D eigenvalue weighted by Crippen LogP contribution is 2.27. The number of carbonyl (C=O) groups is 1. The van der Waals surface area contributed by atoms with E-state index in [0.717, 1.165) is 16.3 Å². The number of hydrogen-bond donors (Lipinski definition) is 1. The lowest BCUT2D eigenvalue weighted by atomic mass is 10.1. The molecule has 1 aromatic carbocycles. The smallest absolute Gasteiger partial charge is 0.322 e. The van der Waals surface area contributed by atoms with Crippen LogP contribution in [0.3, 0.4) is 0 Å². The second-order valence-corrected chi connectivity index (χ2v) is 7.74. The summed E-state index contributed by atoms with van der Waals surface area (Å²) in [5.41, 5.74) is 0.807. The number of carboxylic acids is 1. The van der Waals surface area contributed by atoms with Crippen molar-refractivity contribution in [3.05, 3.63) is 28.2 Å². The number of piperidine rings is 1. The van der Waals surface area contributed by atoms with Crippen LogP contribution in [0.15, 0.2) is 27.6 Å². The molecule has 0 spiro atoms. The van der Waals surface area contributed by atoms with Gasteiger partial charge >= 0.3 is 5.97 Å². The van der Waals surface area contributed by atoms with E-state index in [9.17, 15) is 18.3 Å². The molecule has 0 amide bonds. The zero-order chi connectivity index (χ0) is 14.9. The Bertz CT molecular complexity index is 609. The Hall–Kier alpha value is -0.920. The standard InChI is InChI=1S/C13H16BrNO4S/c1-9-6-10(14)8-11(7-9)20(18,19)15-5-3-2-4-12(15)13(16)17/h6-8,12H,2-5H2,1H3,(H,16,17). The first-order chi connectivity index (χ1) is 9.32. The van der Waals surface area contributed by atoms with Gasteiger partial charge in [0.25, 0.3) is 0 Å². The number of halogens is 1. The third-order valence-electron chi connectivity index (χ3n) is 3.36. The van der Waals surface area contributed by atoms with Gasteiger partial charge in [0.05, 0.1) is 4.90 Å². The minimum Gasteiger partial charge on any atom is -0.480 e. The topological polar surface area (TPSA) is 74.7 Å². The highest BCUT2D eigenvalue weighted by atomic mass is 79.9. The Morgan fingerprint density at radius 1 is 1.35 bits per heavy atom. The zero-order valence-electron chi connectivity index (χ0n) is 11.0. The fraction of sp³-hybridized carbons (Fsp3) is 0.462. The van der Waals surface area contributed by atoms with E-state index in [4.69, 9.17) is 0 Å². The molecule has 7 heteroatoms. The molecular formula is C13H16BrNO4S. The molecule has 20 heavy (non-hydrogen) atoms. The van der Waals surface area contributed by atoms with E-state index < -0.39 is 22.0 Å². The SMILES string of the molecule is Cc1cc(Br)cc(S(=O)(=O)N2CCCCC2C(=O)O)c1. The van der Waals surface area contributed by atoms with E-state index in [1.165, 1.54) is 6.07 Å². The van der Waals surface area contributed by atoms with Crippen LogP contribution in [0.4, 0.5) is 0 Å². The monoisotopic (exact) mass is 361 g/mol. The fourth-order valence-electron chi connectivity index (χ4n) is 2.43. The molecule has 0 aliphatic carbocycles. The quantitative estimate of drug-likeness (QED) is 0.896. The number of sulfonamides is 1. The zero-order valence-corrected chi connectivity index (χ0v) is 13.4. The summed E-state index contributed by atoms with van der Waals surface area (Å²) in [5.74, 6) is -1.08. The van der Waals surface area contributed by atoms with Gasteiger partial charge in [-0.2, -0.15) is 4.31 Å². The number of aryl methyl sites for hydroxylation is 1. The number of rotatable bonds is 3. The van der Waals surface area contributed by atoms with E-state index in [2.05, 4.69) is 15.9 Å². The Morgan fingerprint density at radius 3 is 2.65 bits per heavy atom. The maximum Gasteiger partial charge on any atom is 0.322 e. The van der Waals surface area contributed by atoms with Gasteiger partial charge in [-0.15, -0.1) is 0 Å². The van der Waals surface area contributed by atoms with Gasteiger partial charge in [0.2, 0.25) is 10.0 Å². The van der Waals surface area contributed by atoms with Crippen LogP contribution in [0.25, 0.3) is 0 Å². The summed E-state index contributed by atoms with van der Waals surface area (Å²) in [6, 6.07) is 3.92. The highest BCUT2D eigenvalue weighted by molar-refractivity contribution is 9.10. The predicted molar refractivity (Wildman–Crippen MR) is 78.0 cm³/mol. The van der Waals surface area contributed by atoms with Crippen LogP contribution in [0, 0.1) is 6.92 Å². The molecule has 1 unspecified atom stereocenters. The van der Waals surface area contributed by atoms with Crippen molar-refractivity contribution in [1.82, 2.24) is 4.31 Å². The summed E-state index contributed by atoms with van der Waals surface area (Å²) in [4.78, 5) is 11.4. The molecule has 1 atom stereocenters. The first kappa shape index (κ1) is 15.5. The Labute approximate surface area is 126 Å². The minimum atomic E-state index is -3.78. The molecule has 0 radical (unpaired) electrons. The molecular weight excluding hydrogens is 346 g/mol. The van der Waals surface area contributed by atoms with Crippen LogP contribution < -0.4 is 0 Å². The summed E-state index contributed by atoms with van der Waals surface area (Å²) in [6.07, 6.45) is 1.79. The first-order valence-corrected chi connectivity index (χ1v) is 8.57. The highest BCUT2D eigenvalue weighted by Gasteiger charge is 2.37. The van der Waals surface area contributed by atoms with Crippen LogP contribution in [0.1, 0.15) is 24.8 Å². The summed E-state index contributed by atoms with van der Waals surface area (Å²) in [7, 11) is -3.78. The molecule has 0 bridgehead atoms. The lowest BCUT2D eigenvalue weighted by Gasteiger charge is -2.31. The summed E-state index contributed by atoms with van der Waals surface area (Å²) >= 11 is 3.27. The lowest BCUT2D eigenvalue weighted by Crippen LogP contribution is -2.47. The van der Waals surface area contributed by atoms with E-state index in [-0.39, 0.29) is 11.4 Å². The van der Waals surface area contributed by atoms with Gasteiger partial charge in [-0.05, 0) is 49.9 Å². The maximum atomic E-state index is 12.6. The van der Waals surface area contributed by atoms with Crippen molar-refractivity contribution in [2.24, 2.45) is 0 Å². The molecule has 1 heterocycles. The fourth-order valence-corrected chi connectivity index (χ4v) is 4.97. The van der Waals surface area contributed by atoms with Gasteiger partial charge in [-0.25, -0.2) is 8.42 Å². The van der Waals surface area contributed by atoms with Crippen LogP contribution >= 0.6 is 15.9 Å². The molecule has 1 aliphatic rings.